The number of aromatic nitrogens is 1. The van der Waals surface area contributed by atoms with Crippen LogP contribution in [0.25, 0.3) is 0 Å². The lowest BCUT2D eigenvalue weighted by molar-refractivity contribution is 0.166. The van der Waals surface area contributed by atoms with Crippen LogP contribution >= 0.6 is 11.3 Å². The topological polar surface area (TPSA) is 67.8 Å². The molecule has 2 N–H and O–H groups in total. The third kappa shape index (κ3) is 6.71. The molecule has 0 saturated carbocycles. The molecular formula is C23H34N4O2S. The highest BCUT2D eigenvalue weighted by molar-refractivity contribution is 7.11. The monoisotopic (exact) mass is 430 g/mol. The van der Waals surface area contributed by atoms with E-state index in [0.717, 1.165) is 67.1 Å². The number of aliphatic imine (C=N–C) groups is 1. The molecule has 164 valence electrons. The maximum Gasteiger partial charge on any atom is 0.191 e. The van der Waals surface area contributed by atoms with Crippen molar-refractivity contribution in [2.24, 2.45) is 10.9 Å². The summed E-state index contributed by atoms with van der Waals surface area (Å²) in [4.78, 5) is 10.6. The molecule has 1 aliphatic heterocycles. The molecule has 0 bridgehead atoms. The van der Waals surface area contributed by atoms with Crippen LogP contribution in [-0.4, -0.2) is 43.9 Å². The van der Waals surface area contributed by atoms with Crippen molar-refractivity contribution in [3.05, 3.63) is 44.9 Å². The zero-order valence-corrected chi connectivity index (χ0v) is 19.4. The van der Waals surface area contributed by atoms with Gasteiger partial charge in [0, 0.05) is 42.5 Å². The number of aryl methyl sites for hydroxylation is 3. The van der Waals surface area contributed by atoms with E-state index in [4.69, 9.17) is 14.5 Å². The maximum atomic E-state index is 6.15. The lowest BCUT2D eigenvalue weighted by Crippen LogP contribution is -2.38. The van der Waals surface area contributed by atoms with E-state index in [1.807, 2.05) is 0 Å². The highest BCUT2D eigenvalue weighted by atomic mass is 32.1. The Hall–Kier alpha value is -2.12. The predicted octanol–water partition coefficient (Wildman–Crippen LogP) is 3.78. The smallest absolute Gasteiger partial charge is 0.191 e. The summed E-state index contributed by atoms with van der Waals surface area (Å²) in [5, 5.41) is 7.90. The zero-order chi connectivity index (χ0) is 21.3. The van der Waals surface area contributed by atoms with Crippen molar-refractivity contribution >= 4 is 17.3 Å². The van der Waals surface area contributed by atoms with Gasteiger partial charge in [-0.05, 0) is 45.7 Å². The largest absolute Gasteiger partial charge is 0.493 e. The van der Waals surface area contributed by atoms with Crippen molar-refractivity contribution in [3.8, 4) is 5.75 Å². The Bertz CT molecular complexity index is 844. The lowest BCUT2D eigenvalue weighted by atomic mass is 10.1. The molecule has 0 spiro atoms. The summed E-state index contributed by atoms with van der Waals surface area (Å²) in [6.45, 7) is 12.9. The fourth-order valence-corrected chi connectivity index (χ4v) is 4.39. The van der Waals surface area contributed by atoms with Crippen molar-refractivity contribution in [3.63, 3.8) is 0 Å². The Morgan fingerprint density at radius 2 is 2.17 bits per heavy atom. The van der Waals surface area contributed by atoms with E-state index in [2.05, 4.69) is 61.5 Å². The molecule has 30 heavy (non-hydrogen) atoms. The van der Waals surface area contributed by atoms with Crippen molar-refractivity contribution in [1.29, 1.82) is 0 Å². The van der Waals surface area contributed by atoms with Crippen LogP contribution in [0.2, 0.25) is 0 Å². The number of hydrogen-bond acceptors (Lipinski definition) is 5. The number of thiazole rings is 1. The van der Waals surface area contributed by atoms with E-state index in [0.29, 0.717) is 19.1 Å². The summed E-state index contributed by atoms with van der Waals surface area (Å²) >= 11 is 1.77. The van der Waals surface area contributed by atoms with Gasteiger partial charge in [0.2, 0.25) is 0 Å². The van der Waals surface area contributed by atoms with E-state index >= 15 is 0 Å². The van der Waals surface area contributed by atoms with Crippen molar-refractivity contribution in [2.45, 2.75) is 47.1 Å². The minimum atomic E-state index is 0.486. The average molecular weight is 431 g/mol. The van der Waals surface area contributed by atoms with Crippen LogP contribution in [0.1, 0.15) is 40.1 Å². The highest BCUT2D eigenvalue weighted by Gasteiger charge is 2.17. The predicted molar refractivity (Wildman–Crippen MR) is 124 cm³/mol. The molecule has 1 aliphatic rings. The second kappa shape index (κ2) is 11.3. The molecule has 1 atom stereocenters. The normalized spacial score (nSPS) is 16.7. The molecule has 0 aliphatic carbocycles. The van der Waals surface area contributed by atoms with Crippen LogP contribution in [0.15, 0.2) is 23.2 Å². The van der Waals surface area contributed by atoms with Crippen LogP contribution in [0.4, 0.5) is 0 Å². The highest BCUT2D eigenvalue weighted by Crippen LogP contribution is 2.23. The van der Waals surface area contributed by atoms with Crippen LogP contribution < -0.4 is 15.4 Å². The molecule has 6 nitrogen and oxygen atoms in total. The molecule has 2 aromatic rings. The standard InChI is InChI=1S/C23H34N4O2S/c1-5-24-23(25-10-8-22-17(3)27-18(4)30-22)26-13-20-7-6-16(2)12-21(20)29-15-19-9-11-28-14-19/h6-7,12,19H,5,8-11,13-15H2,1-4H3,(H2,24,25,26). The summed E-state index contributed by atoms with van der Waals surface area (Å²) in [5.41, 5.74) is 3.43. The molecule has 1 aromatic carbocycles. The second-order valence-corrected chi connectivity index (χ2v) is 9.05. The molecule has 0 amide bonds. The van der Waals surface area contributed by atoms with Crippen LogP contribution in [-0.2, 0) is 17.7 Å². The number of nitrogens with one attached hydrogen (secondary N) is 2. The van der Waals surface area contributed by atoms with E-state index in [1.165, 1.54) is 10.4 Å². The summed E-state index contributed by atoms with van der Waals surface area (Å²) in [5.74, 6) is 2.24. The summed E-state index contributed by atoms with van der Waals surface area (Å²) < 4.78 is 11.6. The van der Waals surface area contributed by atoms with E-state index in [-0.39, 0.29) is 0 Å². The van der Waals surface area contributed by atoms with E-state index < -0.39 is 0 Å². The zero-order valence-electron chi connectivity index (χ0n) is 18.6. The molecule has 1 unspecified atom stereocenters. The number of nitrogens with zero attached hydrogens (tertiary/aromatic N) is 2. The summed E-state index contributed by atoms with van der Waals surface area (Å²) in [6, 6.07) is 6.34. The van der Waals surface area contributed by atoms with Gasteiger partial charge in [-0.25, -0.2) is 9.98 Å². The van der Waals surface area contributed by atoms with Gasteiger partial charge in [-0.2, -0.15) is 0 Å². The molecule has 1 fully saturated rings. The van der Waals surface area contributed by atoms with Gasteiger partial charge in [-0.15, -0.1) is 11.3 Å². The Morgan fingerprint density at radius 1 is 1.30 bits per heavy atom. The summed E-state index contributed by atoms with van der Waals surface area (Å²) in [6.07, 6.45) is 2.02. The van der Waals surface area contributed by atoms with Gasteiger partial charge in [-0.1, -0.05) is 12.1 Å². The van der Waals surface area contributed by atoms with Crippen molar-refractivity contribution in [2.75, 3.05) is 32.9 Å². The van der Waals surface area contributed by atoms with E-state index in [1.54, 1.807) is 11.3 Å². The van der Waals surface area contributed by atoms with Gasteiger partial charge in [0.1, 0.15) is 5.75 Å². The van der Waals surface area contributed by atoms with E-state index in [9.17, 15) is 0 Å². The van der Waals surface area contributed by atoms with Crippen LogP contribution in [0.3, 0.4) is 0 Å². The third-order valence-corrected chi connectivity index (χ3v) is 6.25. The Balaban J connectivity index is 1.59. The van der Waals surface area contributed by atoms with Gasteiger partial charge in [-0.3, -0.25) is 0 Å². The number of rotatable bonds is 9. The number of guanidine groups is 1. The van der Waals surface area contributed by atoms with Gasteiger partial charge in [0.25, 0.3) is 0 Å². The lowest BCUT2D eigenvalue weighted by Gasteiger charge is -2.15. The molecule has 2 heterocycles. The minimum Gasteiger partial charge on any atom is -0.493 e. The molecule has 0 radical (unpaired) electrons. The number of benzene rings is 1. The van der Waals surface area contributed by atoms with Gasteiger partial charge >= 0.3 is 0 Å². The molecule has 3 rings (SSSR count). The summed E-state index contributed by atoms with van der Waals surface area (Å²) in [7, 11) is 0. The van der Waals surface area contributed by atoms with Crippen molar-refractivity contribution < 1.29 is 9.47 Å². The van der Waals surface area contributed by atoms with Gasteiger partial charge < -0.3 is 20.1 Å². The van der Waals surface area contributed by atoms with Crippen LogP contribution in [0.5, 0.6) is 5.75 Å². The average Bonchev–Trinajstić information content (AvgIpc) is 3.34. The first-order valence-corrected chi connectivity index (χ1v) is 11.6. The van der Waals surface area contributed by atoms with Gasteiger partial charge in [0.15, 0.2) is 5.96 Å². The SMILES string of the molecule is CCNC(=NCc1ccc(C)cc1OCC1CCOC1)NCCc1sc(C)nc1C. The second-order valence-electron chi connectivity index (χ2n) is 7.77. The molecule has 1 saturated heterocycles. The maximum absolute atomic E-state index is 6.15. The number of hydrogen-bond donors (Lipinski definition) is 2. The molecule has 1 aromatic heterocycles. The van der Waals surface area contributed by atoms with Gasteiger partial charge in [0.05, 0.1) is 30.5 Å². The molecule has 7 heteroatoms. The first-order chi connectivity index (χ1) is 14.5. The first kappa shape index (κ1) is 22.6. The fraction of sp³-hybridized carbons (Fsp3) is 0.565. The Kier molecular flexibility index (Phi) is 8.51. The Labute approximate surface area is 184 Å². The van der Waals surface area contributed by atoms with Crippen molar-refractivity contribution in [1.82, 2.24) is 15.6 Å². The third-order valence-electron chi connectivity index (χ3n) is 5.12. The first-order valence-electron chi connectivity index (χ1n) is 10.8. The molecular weight excluding hydrogens is 396 g/mol. The minimum absolute atomic E-state index is 0.486. The number of ether oxygens (including phenoxy) is 2. The fourth-order valence-electron chi connectivity index (χ4n) is 3.45. The Morgan fingerprint density at radius 3 is 2.87 bits per heavy atom. The van der Waals surface area contributed by atoms with Crippen LogP contribution in [0, 0.1) is 26.7 Å². The quantitative estimate of drug-likeness (QED) is 0.468.